The summed E-state index contributed by atoms with van der Waals surface area (Å²) in [5, 5.41) is 6.81. The number of ether oxygens (including phenoxy) is 1. The first kappa shape index (κ1) is 18.5. The Hall–Kier alpha value is -1.87. The highest BCUT2D eigenvalue weighted by molar-refractivity contribution is 7.09. The van der Waals surface area contributed by atoms with Crippen molar-refractivity contribution in [2.75, 3.05) is 11.9 Å². The van der Waals surface area contributed by atoms with Crippen molar-refractivity contribution < 1.29 is 13.9 Å². The van der Waals surface area contributed by atoms with Crippen LogP contribution in [0.15, 0.2) is 6.20 Å². The molecule has 7 nitrogen and oxygen atoms in total. The predicted octanol–water partition coefficient (Wildman–Crippen LogP) is 3.57. The van der Waals surface area contributed by atoms with Crippen LogP contribution < -0.4 is 5.32 Å². The number of rotatable bonds is 5. The summed E-state index contributed by atoms with van der Waals surface area (Å²) in [5.41, 5.74) is 0.0566. The number of carbonyl (C=O) groups excluding carboxylic acids is 1. The molecule has 2 heterocycles. The van der Waals surface area contributed by atoms with Crippen molar-refractivity contribution in [3.05, 3.63) is 17.3 Å². The maximum Gasteiger partial charge on any atom is 0.311 e. The molecule has 0 unspecified atom stereocenters. The summed E-state index contributed by atoms with van der Waals surface area (Å²) < 4.78 is 24.1. The third kappa shape index (κ3) is 3.50. The van der Waals surface area contributed by atoms with Gasteiger partial charge in [-0.3, -0.25) is 4.79 Å². The summed E-state index contributed by atoms with van der Waals surface area (Å²) in [7, 11) is 0. The molecule has 3 saturated carbocycles. The average molecular weight is 412 g/mol. The highest BCUT2D eigenvalue weighted by atomic mass is 35.5. The lowest BCUT2D eigenvalue weighted by Gasteiger charge is -2.47. The van der Waals surface area contributed by atoms with E-state index in [9.17, 15) is 4.79 Å². The van der Waals surface area contributed by atoms with E-state index in [-0.39, 0.29) is 46.6 Å². The van der Waals surface area contributed by atoms with Crippen molar-refractivity contribution >= 4 is 34.9 Å². The van der Waals surface area contributed by atoms with Gasteiger partial charge in [-0.2, -0.15) is 4.98 Å². The van der Waals surface area contributed by atoms with E-state index in [0.717, 1.165) is 37.2 Å². The molecule has 2 aromatic heterocycles. The van der Waals surface area contributed by atoms with E-state index in [0.29, 0.717) is 11.5 Å². The third-order valence-electron chi connectivity index (χ3n) is 5.50. The molecule has 10 heteroatoms. The molecular formula is C17H19ClFN5O2S. The Bertz CT molecular complexity index is 829. The highest BCUT2D eigenvalue weighted by Crippen LogP contribution is 2.47. The molecule has 2 atom stereocenters. The van der Waals surface area contributed by atoms with E-state index in [1.807, 2.05) is 0 Å². The monoisotopic (exact) mass is 411 g/mol. The van der Waals surface area contributed by atoms with E-state index in [2.05, 4.69) is 24.9 Å². The fraction of sp³-hybridized carbons (Fsp3) is 0.588. The molecular weight excluding hydrogens is 393 g/mol. The van der Waals surface area contributed by atoms with Crippen molar-refractivity contribution in [3.8, 4) is 10.6 Å². The number of nitrogens with one attached hydrogen (secondary N) is 1. The standard InChI is InChI=1S/C17H19ClFN5O2S/c1-2-26-16(25)11-8-3-5-9(6-4-8)13(11)21-15-12(19)14(22-17(18)23-15)10-7-20-24-27-10/h7-9,11,13H,2-6H2,1H3,(H,21,22,23)/t8?,9?,11-,13-/m1/s1. The Labute approximate surface area is 164 Å². The minimum Gasteiger partial charge on any atom is -0.466 e. The number of aromatic nitrogens is 4. The van der Waals surface area contributed by atoms with Gasteiger partial charge in [0.05, 0.1) is 23.6 Å². The molecule has 3 aliphatic carbocycles. The topological polar surface area (TPSA) is 89.9 Å². The minimum atomic E-state index is -0.616. The summed E-state index contributed by atoms with van der Waals surface area (Å²) >= 11 is 7.05. The molecule has 0 saturated heterocycles. The molecule has 2 bridgehead atoms. The Morgan fingerprint density at radius 3 is 2.74 bits per heavy atom. The lowest BCUT2D eigenvalue weighted by atomic mass is 9.61. The zero-order valence-electron chi connectivity index (χ0n) is 14.7. The first-order chi connectivity index (χ1) is 13.1. The van der Waals surface area contributed by atoms with Gasteiger partial charge in [-0.15, -0.1) is 5.10 Å². The van der Waals surface area contributed by atoms with Gasteiger partial charge in [0, 0.05) is 6.04 Å². The van der Waals surface area contributed by atoms with Crippen LogP contribution in [0.2, 0.25) is 5.28 Å². The number of carbonyl (C=O) groups is 1. The largest absolute Gasteiger partial charge is 0.466 e. The maximum atomic E-state index is 15.1. The van der Waals surface area contributed by atoms with Crippen LogP contribution >= 0.6 is 23.1 Å². The van der Waals surface area contributed by atoms with Crippen molar-refractivity contribution in [3.63, 3.8) is 0 Å². The molecule has 2 aromatic rings. The predicted molar refractivity (Wildman–Crippen MR) is 98.9 cm³/mol. The number of halogens is 2. The van der Waals surface area contributed by atoms with E-state index in [1.54, 1.807) is 6.92 Å². The Morgan fingerprint density at radius 1 is 1.33 bits per heavy atom. The number of fused-ring (bicyclic) bond motifs is 3. The Kier molecular flexibility index (Phi) is 5.23. The quantitative estimate of drug-likeness (QED) is 0.594. The van der Waals surface area contributed by atoms with Crippen molar-refractivity contribution in [2.24, 2.45) is 17.8 Å². The average Bonchev–Trinajstić information content (AvgIpc) is 3.20. The summed E-state index contributed by atoms with van der Waals surface area (Å²) in [5.74, 6) is -0.626. The van der Waals surface area contributed by atoms with Crippen LogP contribution in [-0.2, 0) is 9.53 Å². The molecule has 27 heavy (non-hydrogen) atoms. The van der Waals surface area contributed by atoms with Gasteiger partial charge >= 0.3 is 5.97 Å². The first-order valence-corrected chi connectivity index (χ1v) is 10.2. The lowest BCUT2D eigenvalue weighted by Crippen LogP contribution is -2.52. The molecule has 5 rings (SSSR count). The molecule has 0 amide bonds. The summed E-state index contributed by atoms with van der Waals surface area (Å²) in [6.45, 7) is 2.12. The van der Waals surface area contributed by atoms with Crippen LogP contribution in [0.25, 0.3) is 10.6 Å². The van der Waals surface area contributed by atoms with E-state index in [4.69, 9.17) is 16.3 Å². The van der Waals surface area contributed by atoms with Gasteiger partial charge in [0.25, 0.3) is 0 Å². The highest BCUT2D eigenvalue weighted by Gasteiger charge is 2.48. The van der Waals surface area contributed by atoms with Crippen LogP contribution in [0.4, 0.5) is 10.2 Å². The van der Waals surface area contributed by atoms with Crippen molar-refractivity contribution in [2.45, 2.75) is 38.6 Å². The molecule has 1 N–H and O–H groups in total. The minimum absolute atomic E-state index is 0.00486. The zero-order chi connectivity index (χ0) is 19.0. The van der Waals surface area contributed by atoms with Gasteiger partial charge in [0.15, 0.2) is 11.6 Å². The fourth-order valence-corrected chi connectivity index (χ4v) is 5.01. The van der Waals surface area contributed by atoms with Crippen molar-refractivity contribution in [1.29, 1.82) is 0 Å². The molecule has 0 aromatic carbocycles. The first-order valence-electron chi connectivity index (χ1n) is 9.02. The third-order valence-corrected chi connectivity index (χ3v) is 6.34. The van der Waals surface area contributed by atoms with Gasteiger partial charge in [-0.1, -0.05) is 4.49 Å². The van der Waals surface area contributed by atoms with Crippen LogP contribution in [-0.4, -0.2) is 38.2 Å². The van der Waals surface area contributed by atoms with E-state index in [1.165, 1.54) is 6.20 Å². The smallest absolute Gasteiger partial charge is 0.311 e. The zero-order valence-corrected chi connectivity index (χ0v) is 16.3. The molecule has 0 aliphatic heterocycles. The number of hydrogen-bond donors (Lipinski definition) is 1. The lowest BCUT2D eigenvalue weighted by molar-refractivity contribution is -0.154. The van der Waals surface area contributed by atoms with Crippen LogP contribution in [0.5, 0.6) is 0 Å². The summed E-state index contributed by atoms with van der Waals surface area (Å²) in [6.07, 6.45) is 5.43. The van der Waals surface area contributed by atoms with Gasteiger partial charge < -0.3 is 10.1 Å². The van der Waals surface area contributed by atoms with Gasteiger partial charge in [-0.05, 0) is 67.6 Å². The Morgan fingerprint density at radius 2 is 2.07 bits per heavy atom. The number of esters is 1. The molecule has 144 valence electrons. The molecule has 3 fully saturated rings. The number of anilines is 1. The van der Waals surface area contributed by atoms with Gasteiger partial charge in [0.1, 0.15) is 5.69 Å². The number of nitrogens with zero attached hydrogens (tertiary/aromatic N) is 4. The van der Waals surface area contributed by atoms with Crippen LogP contribution in [0.3, 0.4) is 0 Å². The van der Waals surface area contributed by atoms with Gasteiger partial charge in [0.2, 0.25) is 5.28 Å². The van der Waals surface area contributed by atoms with E-state index >= 15 is 4.39 Å². The van der Waals surface area contributed by atoms with E-state index < -0.39 is 5.82 Å². The molecule has 0 radical (unpaired) electrons. The second kappa shape index (κ2) is 7.63. The Balaban J connectivity index is 1.67. The maximum absolute atomic E-state index is 15.1. The summed E-state index contributed by atoms with van der Waals surface area (Å²) in [6, 6.07) is -0.232. The normalized spacial score (nSPS) is 26.8. The second-order valence-electron chi connectivity index (χ2n) is 6.91. The summed E-state index contributed by atoms with van der Waals surface area (Å²) in [4.78, 5) is 21.0. The van der Waals surface area contributed by atoms with Crippen LogP contribution in [0.1, 0.15) is 32.6 Å². The SMILES string of the molecule is CCOC(=O)[C@@H]1C2CCC(CC2)[C@H]1Nc1nc(Cl)nc(-c2cnns2)c1F. The fourth-order valence-electron chi connectivity index (χ4n) is 4.34. The van der Waals surface area contributed by atoms with Crippen LogP contribution in [0, 0.1) is 23.6 Å². The number of hydrogen-bond acceptors (Lipinski definition) is 8. The molecule has 0 spiro atoms. The second-order valence-corrected chi connectivity index (χ2v) is 8.03. The molecule has 3 aliphatic rings. The van der Waals surface area contributed by atoms with Crippen molar-refractivity contribution in [1.82, 2.24) is 19.6 Å². The van der Waals surface area contributed by atoms with Gasteiger partial charge in [-0.25, -0.2) is 9.37 Å².